The number of hydrogen-bond donors (Lipinski definition) is 1. The van der Waals surface area contributed by atoms with E-state index < -0.39 is 0 Å². The van der Waals surface area contributed by atoms with Crippen molar-refractivity contribution >= 4 is 49.1 Å². The number of aromatic nitrogens is 2. The van der Waals surface area contributed by atoms with Gasteiger partial charge in [-0.2, -0.15) is 5.10 Å². The van der Waals surface area contributed by atoms with Crippen molar-refractivity contribution in [1.82, 2.24) is 9.78 Å². The number of anilines is 1. The topological polar surface area (TPSA) is 46.9 Å². The minimum atomic E-state index is -0.137. The van der Waals surface area contributed by atoms with E-state index in [-0.39, 0.29) is 5.91 Å². The van der Waals surface area contributed by atoms with Crippen molar-refractivity contribution in [2.75, 3.05) is 5.32 Å². The number of carbonyl (C=O) groups excluding carboxylic acids is 1. The Morgan fingerprint density at radius 1 is 0.900 bits per heavy atom. The Morgan fingerprint density at radius 2 is 1.57 bits per heavy atom. The van der Waals surface area contributed by atoms with Crippen LogP contribution < -0.4 is 5.32 Å². The van der Waals surface area contributed by atoms with Gasteiger partial charge in [-0.1, -0.05) is 60.7 Å². The number of fused-ring (bicyclic) bond motifs is 1. The SMILES string of the molecule is O=C(Nc1ccccc1Br)c1cc2c(-c3ccccc3)nn(-c3ccccc3)c2s1. The van der Waals surface area contributed by atoms with Gasteiger partial charge in [-0.3, -0.25) is 4.79 Å². The molecule has 0 atom stereocenters. The highest BCUT2D eigenvalue weighted by molar-refractivity contribution is 9.10. The van der Waals surface area contributed by atoms with E-state index in [1.807, 2.05) is 95.7 Å². The molecule has 5 aromatic rings. The van der Waals surface area contributed by atoms with Gasteiger partial charge >= 0.3 is 0 Å². The van der Waals surface area contributed by atoms with E-state index in [1.54, 1.807) is 0 Å². The van der Waals surface area contributed by atoms with Gasteiger partial charge in [0.25, 0.3) is 5.91 Å². The van der Waals surface area contributed by atoms with Crippen molar-refractivity contribution < 1.29 is 4.79 Å². The molecule has 4 nitrogen and oxygen atoms in total. The normalized spacial score (nSPS) is 11.0. The fourth-order valence-corrected chi connectivity index (χ4v) is 4.73. The molecule has 0 aliphatic heterocycles. The number of amides is 1. The van der Waals surface area contributed by atoms with Crippen molar-refractivity contribution in [2.45, 2.75) is 0 Å². The summed E-state index contributed by atoms with van der Waals surface area (Å²) in [4.78, 5) is 14.6. The molecule has 2 heterocycles. The van der Waals surface area contributed by atoms with Crippen molar-refractivity contribution in [3.8, 4) is 16.9 Å². The number of nitrogens with one attached hydrogen (secondary N) is 1. The van der Waals surface area contributed by atoms with Crippen LogP contribution in [0.4, 0.5) is 5.69 Å². The van der Waals surface area contributed by atoms with E-state index in [0.717, 1.165) is 37.3 Å². The lowest BCUT2D eigenvalue weighted by Gasteiger charge is -2.05. The van der Waals surface area contributed by atoms with Gasteiger partial charge in [-0.25, -0.2) is 4.68 Å². The van der Waals surface area contributed by atoms with Gasteiger partial charge in [-0.05, 0) is 46.3 Å². The summed E-state index contributed by atoms with van der Waals surface area (Å²) in [5, 5.41) is 8.83. The van der Waals surface area contributed by atoms with Crippen LogP contribution in [0.25, 0.3) is 27.2 Å². The molecule has 30 heavy (non-hydrogen) atoms. The second-order valence-electron chi connectivity index (χ2n) is 6.73. The van der Waals surface area contributed by atoms with Crippen LogP contribution in [0.1, 0.15) is 9.67 Å². The summed E-state index contributed by atoms with van der Waals surface area (Å²) in [6.45, 7) is 0. The molecule has 0 unspecified atom stereocenters. The number of nitrogens with zero attached hydrogens (tertiary/aromatic N) is 2. The molecule has 1 amide bonds. The predicted molar refractivity (Wildman–Crippen MR) is 126 cm³/mol. The summed E-state index contributed by atoms with van der Waals surface area (Å²) in [6, 6.07) is 29.6. The van der Waals surface area contributed by atoms with E-state index in [1.165, 1.54) is 11.3 Å². The van der Waals surface area contributed by atoms with E-state index in [9.17, 15) is 4.79 Å². The van der Waals surface area contributed by atoms with Crippen LogP contribution in [0.3, 0.4) is 0 Å². The number of thiophene rings is 1. The quantitative estimate of drug-likeness (QED) is 0.313. The maximum atomic E-state index is 13.0. The third-order valence-electron chi connectivity index (χ3n) is 4.75. The summed E-state index contributed by atoms with van der Waals surface area (Å²) < 4.78 is 2.76. The first kappa shape index (κ1) is 18.8. The van der Waals surface area contributed by atoms with Crippen molar-refractivity contribution in [3.63, 3.8) is 0 Å². The minimum Gasteiger partial charge on any atom is -0.320 e. The van der Waals surface area contributed by atoms with E-state index in [2.05, 4.69) is 21.2 Å². The minimum absolute atomic E-state index is 0.137. The standard InChI is InChI=1S/C24H16BrN3OS/c25-19-13-7-8-14-20(19)26-23(29)21-15-18-22(16-9-3-1-4-10-16)27-28(24(18)30-21)17-11-5-2-6-12-17/h1-15H,(H,26,29). The van der Waals surface area contributed by atoms with Crippen molar-refractivity contribution in [2.24, 2.45) is 0 Å². The highest BCUT2D eigenvalue weighted by atomic mass is 79.9. The third-order valence-corrected chi connectivity index (χ3v) is 6.55. The number of hydrogen-bond acceptors (Lipinski definition) is 3. The zero-order valence-electron chi connectivity index (χ0n) is 15.7. The fraction of sp³-hybridized carbons (Fsp3) is 0. The number of para-hydroxylation sites is 2. The first-order valence-electron chi connectivity index (χ1n) is 9.40. The Hall–Kier alpha value is -3.22. The highest BCUT2D eigenvalue weighted by Gasteiger charge is 2.20. The van der Waals surface area contributed by atoms with Crippen LogP contribution in [-0.2, 0) is 0 Å². The zero-order chi connectivity index (χ0) is 20.5. The lowest BCUT2D eigenvalue weighted by atomic mass is 10.1. The Balaban J connectivity index is 1.63. The third kappa shape index (κ3) is 3.44. The molecule has 0 bridgehead atoms. The lowest BCUT2D eigenvalue weighted by molar-refractivity contribution is 0.103. The van der Waals surface area contributed by atoms with Crippen LogP contribution >= 0.6 is 27.3 Å². The smallest absolute Gasteiger partial charge is 0.265 e. The first-order chi connectivity index (χ1) is 14.7. The largest absolute Gasteiger partial charge is 0.320 e. The molecule has 5 rings (SSSR count). The Bertz CT molecular complexity index is 1270. The molecule has 0 fully saturated rings. The zero-order valence-corrected chi connectivity index (χ0v) is 18.2. The molecule has 0 spiro atoms. The van der Waals surface area contributed by atoms with Crippen LogP contribution in [-0.4, -0.2) is 15.7 Å². The van der Waals surface area contributed by atoms with Crippen LogP contribution in [0.15, 0.2) is 95.5 Å². The summed E-state index contributed by atoms with van der Waals surface area (Å²) in [6.07, 6.45) is 0. The van der Waals surface area contributed by atoms with Gasteiger partial charge < -0.3 is 5.32 Å². The Morgan fingerprint density at radius 3 is 2.30 bits per heavy atom. The molecule has 146 valence electrons. The molecule has 0 radical (unpaired) electrons. The van der Waals surface area contributed by atoms with Gasteiger partial charge in [0.2, 0.25) is 0 Å². The molecule has 0 aliphatic rings. The average Bonchev–Trinajstić information content (AvgIpc) is 3.36. The maximum Gasteiger partial charge on any atom is 0.265 e. The average molecular weight is 474 g/mol. The molecule has 0 aliphatic carbocycles. The molecule has 2 aromatic heterocycles. The molecule has 0 saturated heterocycles. The molecule has 0 saturated carbocycles. The summed E-state index contributed by atoms with van der Waals surface area (Å²) in [7, 11) is 0. The van der Waals surface area contributed by atoms with E-state index >= 15 is 0 Å². The molecule has 6 heteroatoms. The monoisotopic (exact) mass is 473 g/mol. The van der Waals surface area contributed by atoms with Gasteiger partial charge in [0, 0.05) is 15.4 Å². The number of benzene rings is 3. The summed E-state index contributed by atoms with van der Waals surface area (Å²) >= 11 is 4.92. The molecular formula is C24H16BrN3OS. The van der Waals surface area contributed by atoms with Gasteiger partial charge in [0.15, 0.2) is 0 Å². The summed E-state index contributed by atoms with van der Waals surface area (Å²) in [5.74, 6) is -0.137. The second-order valence-corrected chi connectivity index (χ2v) is 8.61. The molecule has 3 aromatic carbocycles. The van der Waals surface area contributed by atoms with Crippen molar-refractivity contribution in [1.29, 1.82) is 0 Å². The fourth-order valence-electron chi connectivity index (χ4n) is 3.32. The Labute approximate surface area is 185 Å². The van der Waals surface area contributed by atoms with E-state index in [0.29, 0.717) is 4.88 Å². The van der Waals surface area contributed by atoms with Gasteiger partial charge in [-0.15, -0.1) is 11.3 Å². The predicted octanol–water partition coefficient (Wildman–Crippen LogP) is 6.77. The van der Waals surface area contributed by atoms with Crippen LogP contribution in [0, 0.1) is 0 Å². The van der Waals surface area contributed by atoms with Gasteiger partial charge in [0.1, 0.15) is 10.5 Å². The van der Waals surface area contributed by atoms with E-state index in [4.69, 9.17) is 5.10 Å². The van der Waals surface area contributed by atoms with Crippen molar-refractivity contribution in [3.05, 3.63) is 100 Å². The number of halogens is 1. The number of rotatable bonds is 4. The highest BCUT2D eigenvalue weighted by Crippen LogP contribution is 2.36. The first-order valence-corrected chi connectivity index (χ1v) is 11.0. The van der Waals surface area contributed by atoms with Gasteiger partial charge in [0.05, 0.1) is 16.3 Å². The van der Waals surface area contributed by atoms with Crippen LogP contribution in [0.5, 0.6) is 0 Å². The molecular weight excluding hydrogens is 458 g/mol. The Kier molecular flexibility index (Phi) is 4.94. The maximum absolute atomic E-state index is 13.0. The van der Waals surface area contributed by atoms with Crippen LogP contribution in [0.2, 0.25) is 0 Å². The number of carbonyl (C=O) groups is 1. The lowest BCUT2D eigenvalue weighted by Crippen LogP contribution is -2.10. The molecule has 1 N–H and O–H groups in total. The second kappa shape index (κ2) is 7.89. The summed E-state index contributed by atoms with van der Waals surface area (Å²) in [5.41, 5.74) is 3.59.